The summed E-state index contributed by atoms with van der Waals surface area (Å²) in [5.41, 5.74) is 2.00. The van der Waals surface area contributed by atoms with E-state index in [0.29, 0.717) is 24.4 Å². The summed E-state index contributed by atoms with van der Waals surface area (Å²) in [5.74, 6) is -1.13. The second kappa shape index (κ2) is 13.1. The highest BCUT2D eigenvalue weighted by Gasteiger charge is 2.11. The van der Waals surface area contributed by atoms with E-state index in [1.165, 1.54) is 7.11 Å². The largest absolute Gasteiger partial charge is 0.463 e. The predicted octanol–water partition coefficient (Wildman–Crippen LogP) is 2.40. The number of carbonyl (C=O) groups is 3. The van der Waals surface area contributed by atoms with Crippen molar-refractivity contribution in [3.05, 3.63) is 65.7 Å². The van der Waals surface area contributed by atoms with E-state index in [2.05, 4.69) is 16.0 Å². The molecule has 164 valence electrons. The molecule has 3 N–H and O–H groups in total. The van der Waals surface area contributed by atoms with E-state index < -0.39 is 11.9 Å². The van der Waals surface area contributed by atoms with Crippen molar-refractivity contribution in [3.63, 3.8) is 0 Å². The summed E-state index contributed by atoms with van der Waals surface area (Å²) in [6.07, 6.45) is -0.120. The highest BCUT2D eigenvalue weighted by atomic mass is 32.1. The lowest BCUT2D eigenvalue weighted by molar-refractivity contribution is -0.146. The van der Waals surface area contributed by atoms with Gasteiger partial charge in [0.2, 0.25) is 5.91 Å². The molecule has 2 rings (SSSR count). The maximum Gasteiger partial charge on any atom is 0.306 e. The number of anilines is 1. The molecule has 31 heavy (non-hydrogen) atoms. The van der Waals surface area contributed by atoms with Crippen LogP contribution in [0.1, 0.15) is 28.8 Å². The molecule has 0 aliphatic heterocycles. The van der Waals surface area contributed by atoms with Gasteiger partial charge in [0.15, 0.2) is 5.11 Å². The van der Waals surface area contributed by atoms with Gasteiger partial charge in [-0.3, -0.25) is 14.4 Å². The van der Waals surface area contributed by atoms with Crippen LogP contribution in [0.25, 0.3) is 0 Å². The molecular formula is C22H25N3O5S. The third-order valence-electron chi connectivity index (χ3n) is 4.04. The Hall–Kier alpha value is -3.30. The Labute approximate surface area is 186 Å². The molecule has 2 aromatic rings. The first-order valence-electron chi connectivity index (χ1n) is 9.65. The summed E-state index contributed by atoms with van der Waals surface area (Å²) in [6, 6.07) is 16.3. The monoisotopic (exact) mass is 443 g/mol. The van der Waals surface area contributed by atoms with Gasteiger partial charge in [0.1, 0.15) is 6.61 Å². The normalized spacial score (nSPS) is 10.1. The second-order valence-corrected chi connectivity index (χ2v) is 6.87. The second-order valence-electron chi connectivity index (χ2n) is 6.46. The van der Waals surface area contributed by atoms with E-state index in [4.69, 9.17) is 21.7 Å². The fourth-order valence-electron chi connectivity index (χ4n) is 2.50. The lowest BCUT2D eigenvalue weighted by Gasteiger charge is -2.11. The molecule has 0 spiro atoms. The first kappa shape index (κ1) is 24.0. The zero-order chi connectivity index (χ0) is 22.5. The molecule has 0 aliphatic carbocycles. The lowest BCUT2D eigenvalue weighted by Crippen LogP contribution is -2.34. The van der Waals surface area contributed by atoms with Crippen LogP contribution in [0.15, 0.2) is 54.6 Å². The number of hydrogen-bond donors (Lipinski definition) is 3. The highest BCUT2D eigenvalue weighted by molar-refractivity contribution is 7.80. The molecule has 9 heteroatoms. The molecule has 2 aromatic carbocycles. The summed E-state index contributed by atoms with van der Waals surface area (Å²) >= 11 is 5.13. The van der Waals surface area contributed by atoms with Crippen molar-refractivity contribution >= 4 is 40.8 Å². The molecule has 0 saturated carbocycles. The van der Waals surface area contributed by atoms with Gasteiger partial charge in [-0.1, -0.05) is 36.4 Å². The number of hydrogen-bond acceptors (Lipinski definition) is 6. The molecule has 0 heterocycles. The zero-order valence-electron chi connectivity index (χ0n) is 17.2. The number of ether oxygens (including phenoxy) is 2. The van der Waals surface area contributed by atoms with Crippen LogP contribution in [0, 0.1) is 0 Å². The highest BCUT2D eigenvalue weighted by Crippen LogP contribution is 2.11. The first-order chi connectivity index (χ1) is 15.0. The molecule has 8 nitrogen and oxygen atoms in total. The van der Waals surface area contributed by atoms with E-state index in [1.807, 2.05) is 30.3 Å². The molecule has 0 bridgehead atoms. The van der Waals surface area contributed by atoms with Crippen LogP contribution in [0.3, 0.4) is 0 Å². The number of nitrogens with one attached hydrogen (secondary N) is 3. The molecule has 0 fully saturated rings. The fourth-order valence-corrected chi connectivity index (χ4v) is 2.73. The van der Waals surface area contributed by atoms with Crippen molar-refractivity contribution < 1.29 is 23.9 Å². The van der Waals surface area contributed by atoms with Crippen molar-refractivity contribution in [2.45, 2.75) is 19.4 Å². The van der Waals surface area contributed by atoms with E-state index in [-0.39, 0.29) is 30.5 Å². The van der Waals surface area contributed by atoms with Crippen LogP contribution in [-0.4, -0.2) is 43.2 Å². The third-order valence-corrected chi connectivity index (χ3v) is 4.24. The number of esters is 1. The summed E-state index contributed by atoms with van der Waals surface area (Å²) < 4.78 is 9.66. The average Bonchev–Trinajstić information content (AvgIpc) is 2.77. The molecule has 0 saturated heterocycles. The standard InChI is InChI=1S/C22H25N3O5S/c1-29-12-13-30-20(27)11-10-19(26)25-22(31)24-18-9-5-8-17(14-18)21(28)23-15-16-6-3-2-4-7-16/h2-9,14H,10-13,15H2,1H3,(H,23,28)(H2,24,25,26,31). The summed E-state index contributed by atoms with van der Waals surface area (Å²) in [4.78, 5) is 35.8. The van der Waals surface area contributed by atoms with Crippen LogP contribution in [-0.2, 0) is 25.6 Å². The smallest absolute Gasteiger partial charge is 0.306 e. The number of amides is 2. The van der Waals surface area contributed by atoms with Gasteiger partial charge in [-0.25, -0.2) is 0 Å². The van der Waals surface area contributed by atoms with Crippen LogP contribution in [0.2, 0.25) is 0 Å². The van der Waals surface area contributed by atoms with Crippen molar-refractivity contribution in [3.8, 4) is 0 Å². The minimum atomic E-state index is -0.486. The summed E-state index contributed by atoms with van der Waals surface area (Å²) in [5, 5.41) is 8.27. The van der Waals surface area contributed by atoms with Crippen LogP contribution in [0.4, 0.5) is 5.69 Å². The number of methoxy groups -OCH3 is 1. The molecule has 0 unspecified atom stereocenters. The number of benzene rings is 2. The Morgan fingerprint density at radius 3 is 2.48 bits per heavy atom. The van der Waals surface area contributed by atoms with Gasteiger partial charge in [0.25, 0.3) is 5.91 Å². The van der Waals surface area contributed by atoms with Gasteiger partial charge in [-0.2, -0.15) is 0 Å². The zero-order valence-corrected chi connectivity index (χ0v) is 18.0. The predicted molar refractivity (Wildman–Crippen MR) is 120 cm³/mol. The van der Waals surface area contributed by atoms with Gasteiger partial charge in [0, 0.05) is 31.3 Å². The molecule has 0 aliphatic rings. The van der Waals surface area contributed by atoms with E-state index in [0.717, 1.165) is 5.56 Å². The van der Waals surface area contributed by atoms with Gasteiger partial charge >= 0.3 is 5.97 Å². The van der Waals surface area contributed by atoms with E-state index in [1.54, 1.807) is 24.3 Å². The fraction of sp³-hybridized carbons (Fsp3) is 0.273. The molecular weight excluding hydrogens is 418 g/mol. The minimum Gasteiger partial charge on any atom is -0.463 e. The van der Waals surface area contributed by atoms with Crippen molar-refractivity contribution in [2.24, 2.45) is 0 Å². The van der Waals surface area contributed by atoms with E-state index in [9.17, 15) is 14.4 Å². The molecule has 0 aromatic heterocycles. The van der Waals surface area contributed by atoms with E-state index >= 15 is 0 Å². The molecule has 2 amide bonds. The SMILES string of the molecule is COCCOC(=O)CCC(=O)NC(=S)Nc1cccc(C(=O)NCc2ccccc2)c1. The maximum atomic E-state index is 12.4. The van der Waals surface area contributed by atoms with Crippen molar-refractivity contribution in [2.75, 3.05) is 25.6 Å². The van der Waals surface area contributed by atoms with Gasteiger partial charge in [-0.15, -0.1) is 0 Å². The Balaban J connectivity index is 1.78. The average molecular weight is 444 g/mol. The molecule has 0 atom stereocenters. The Bertz CT molecular complexity index is 905. The number of thiocarbonyl (C=S) groups is 1. The van der Waals surface area contributed by atoms with Crippen LogP contribution >= 0.6 is 12.2 Å². The van der Waals surface area contributed by atoms with Crippen LogP contribution in [0.5, 0.6) is 0 Å². The first-order valence-corrected chi connectivity index (χ1v) is 10.1. The Morgan fingerprint density at radius 2 is 1.74 bits per heavy atom. The minimum absolute atomic E-state index is 0.0600. The van der Waals surface area contributed by atoms with Crippen LogP contribution < -0.4 is 16.0 Å². The number of carbonyl (C=O) groups excluding carboxylic acids is 3. The third kappa shape index (κ3) is 9.37. The van der Waals surface area contributed by atoms with Gasteiger partial charge < -0.3 is 25.4 Å². The Kier molecular flexibility index (Phi) is 10.1. The number of rotatable bonds is 10. The summed E-state index contributed by atoms with van der Waals surface area (Å²) in [6.45, 7) is 0.862. The molecule has 0 radical (unpaired) electrons. The van der Waals surface area contributed by atoms with Gasteiger partial charge in [0.05, 0.1) is 13.0 Å². The quantitative estimate of drug-likeness (QED) is 0.294. The summed E-state index contributed by atoms with van der Waals surface area (Å²) in [7, 11) is 1.50. The Morgan fingerprint density at radius 1 is 0.968 bits per heavy atom. The van der Waals surface area contributed by atoms with Crippen molar-refractivity contribution in [1.82, 2.24) is 10.6 Å². The van der Waals surface area contributed by atoms with Crippen molar-refractivity contribution in [1.29, 1.82) is 0 Å². The maximum absolute atomic E-state index is 12.4. The lowest BCUT2D eigenvalue weighted by atomic mass is 10.1. The topological polar surface area (TPSA) is 106 Å². The van der Waals surface area contributed by atoms with Gasteiger partial charge in [-0.05, 0) is 36.0 Å².